The molecule has 370 valence electrons. The number of hydrogen-bond donors (Lipinski definition) is 10. The Morgan fingerprint density at radius 2 is 0.871 bits per heavy atom. The van der Waals surface area contributed by atoms with Crippen LogP contribution in [0.15, 0.2) is 124 Å². The molecule has 5 rings (SSSR count). The van der Waals surface area contributed by atoms with E-state index in [1.807, 2.05) is 30.3 Å². The Morgan fingerprint density at radius 3 is 1.26 bits per heavy atom. The van der Waals surface area contributed by atoms with E-state index in [2.05, 4.69) is 41.1 Å². The molecule has 18 nitrogen and oxygen atoms in total. The Bertz CT molecular complexity index is 2570. The molecule has 70 heavy (non-hydrogen) atoms. The SMILES string of the molecule is CC(=NO)c1cc(CN(Cc2ccc(O)c(C(C)=NO)c2)CC(CCC(=O)NCCCNC(=O)Cc2ccccc2)N(Cc2ccc(O)c(C(C)=NO)c2)Cc2ccc(O)c(C(C)=NO)c2)ccc1O. The summed E-state index contributed by atoms with van der Waals surface area (Å²) in [4.78, 5) is 30.5. The second-order valence-electron chi connectivity index (χ2n) is 17.1. The molecule has 0 aliphatic rings. The highest BCUT2D eigenvalue weighted by Crippen LogP contribution is 2.28. The molecule has 0 fully saturated rings. The Balaban J connectivity index is 1.54. The van der Waals surface area contributed by atoms with Crippen LogP contribution in [0.4, 0.5) is 0 Å². The third-order valence-electron chi connectivity index (χ3n) is 11.9. The van der Waals surface area contributed by atoms with Gasteiger partial charge < -0.3 is 51.9 Å². The van der Waals surface area contributed by atoms with Gasteiger partial charge >= 0.3 is 0 Å². The van der Waals surface area contributed by atoms with Gasteiger partial charge in [0.15, 0.2) is 0 Å². The van der Waals surface area contributed by atoms with Gasteiger partial charge in [0.2, 0.25) is 11.8 Å². The lowest BCUT2D eigenvalue weighted by Gasteiger charge is -2.36. The van der Waals surface area contributed by atoms with E-state index in [4.69, 9.17) is 0 Å². The number of phenolic OH excluding ortho intramolecular Hbond substituents is 4. The minimum absolute atomic E-state index is 0.0780. The van der Waals surface area contributed by atoms with Crippen molar-refractivity contribution in [2.75, 3.05) is 19.6 Å². The molecule has 5 aromatic carbocycles. The monoisotopic (exact) mass is 958 g/mol. The van der Waals surface area contributed by atoms with Crippen LogP contribution in [0.5, 0.6) is 23.0 Å². The summed E-state index contributed by atoms with van der Waals surface area (Å²) in [5.41, 5.74) is 5.86. The maximum atomic E-state index is 13.7. The minimum atomic E-state index is -0.451. The molecule has 0 aliphatic carbocycles. The van der Waals surface area contributed by atoms with Crippen molar-refractivity contribution in [2.24, 2.45) is 20.6 Å². The molecule has 18 heteroatoms. The highest BCUT2D eigenvalue weighted by molar-refractivity contribution is 6.02. The van der Waals surface area contributed by atoms with Crippen LogP contribution in [0.25, 0.3) is 0 Å². The topological polar surface area (TPSA) is 276 Å². The van der Waals surface area contributed by atoms with Gasteiger partial charge in [0, 0.05) is 80.5 Å². The summed E-state index contributed by atoms with van der Waals surface area (Å²) in [5, 5.41) is 101. The Kier molecular flexibility index (Phi) is 19.7. The Hall–Kier alpha value is -7.96. The average molecular weight is 959 g/mol. The number of carbonyl (C=O) groups is 2. The number of nitrogens with one attached hydrogen (secondary N) is 2. The molecule has 5 aromatic rings. The first-order valence-electron chi connectivity index (χ1n) is 22.7. The third kappa shape index (κ3) is 15.3. The minimum Gasteiger partial charge on any atom is -0.507 e. The Morgan fingerprint density at radius 1 is 0.500 bits per heavy atom. The van der Waals surface area contributed by atoms with Gasteiger partial charge in [-0.05, 0) is 117 Å². The summed E-state index contributed by atoms with van der Waals surface area (Å²) in [7, 11) is 0. The lowest BCUT2D eigenvalue weighted by atomic mass is 10.0. The van der Waals surface area contributed by atoms with Crippen molar-refractivity contribution in [3.63, 3.8) is 0 Å². The number of nitrogens with zero attached hydrogens (tertiary/aromatic N) is 6. The van der Waals surface area contributed by atoms with Crippen molar-refractivity contribution >= 4 is 34.7 Å². The van der Waals surface area contributed by atoms with Crippen LogP contribution in [-0.4, -0.2) is 111 Å². The fourth-order valence-corrected chi connectivity index (χ4v) is 8.05. The molecule has 10 N–H and O–H groups in total. The van der Waals surface area contributed by atoms with Crippen molar-refractivity contribution in [1.82, 2.24) is 20.4 Å². The van der Waals surface area contributed by atoms with E-state index in [9.17, 15) is 50.8 Å². The van der Waals surface area contributed by atoms with Gasteiger partial charge in [-0.15, -0.1) is 0 Å². The first-order chi connectivity index (χ1) is 33.6. The third-order valence-corrected chi connectivity index (χ3v) is 11.9. The molecular formula is C52H62N8O10. The molecule has 0 radical (unpaired) electrons. The highest BCUT2D eigenvalue weighted by Gasteiger charge is 2.26. The van der Waals surface area contributed by atoms with Crippen LogP contribution in [0.1, 0.15) is 97.0 Å². The van der Waals surface area contributed by atoms with Crippen molar-refractivity contribution in [1.29, 1.82) is 0 Å². The van der Waals surface area contributed by atoms with Crippen molar-refractivity contribution in [3.05, 3.63) is 153 Å². The van der Waals surface area contributed by atoms with Crippen LogP contribution < -0.4 is 10.6 Å². The first-order valence-corrected chi connectivity index (χ1v) is 22.7. The molecule has 0 saturated heterocycles. The van der Waals surface area contributed by atoms with Crippen LogP contribution in [0.3, 0.4) is 0 Å². The zero-order valence-electron chi connectivity index (χ0n) is 39.7. The largest absolute Gasteiger partial charge is 0.507 e. The van der Waals surface area contributed by atoms with Crippen LogP contribution in [-0.2, 0) is 42.2 Å². The molecular weight excluding hydrogens is 897 g/mol. The highest BCUT2D eigenvalue weighted by atomic mass is 16.4. The number of hydrogen-bond acceptors (Lipinski definition) is 16. The van der Waals surface area contributed by atoms with E-state index < -0.39 is 6.04 Å². The lowest BCUT2D eigenvalue weighted by molar-refractivity contribution is -0.121. The summed E-state index contributed by atoms with van der Waals surface area (Å²) in [6.07, 6.45) is 1.12. The molecule has 2 amide bonds. The van der Waals surface area contributed by atoms with Crippen molar-refractivity contribution in [3.8, 4) is 23.0 Å². The molecule has 0 aromatic heterocycles. The summed E-state index contributed by atoms with van der Waals surface area (Å²) >= 11 is 0. The van der Waals surface area contributed by atoms with E-state index in [1.54, 1.807) is 76.2 Å². The maximum absolute atomic E-state index is 13.7. The number of carbonyl (C=O) groups excluding carboxylic acids is 2. The standard InChI is InChI=1S/C52H62N8O10/c1-33(55-67)43-23-38(11-16-47(43)61)28-59(29-39-12-17-48(62)44(24-39)34(2)56-68)32-42(15-20-51(65)53-21-8-22-54-52(66)27-37-9-6-5-7-10-37)60(30-40-13-18-49(63)45(25-40)35(3)57-69)31-41-14-19-50(64)46(26-41)36(4)58-70/h5-7,9-14,16-19,23-26,42,61-64,67-70H,8,15,20-22,27-32H2,1-4H3,(H,53,65)(H,54,66). The summed E-state index contributed by atoms with van der Waals surface area (Å²) in [6.45, 7) is 8.23. The van der Waals surface area contributed by atoms with E-state index in [0.717, 1.165) is 27.8 Å². The number of rotatable bonds is 24. The Labute approximate surface area is 406 Å². The van der Waals surface area contributed by atoms with Crippen LogP contribution in [0.2, 0.25) is 0 Å². The molecule has 1 unspecified atom stereocenters. The van der Waals surface area contributed by atoms with Gasteiger partial charge in [-0.1, -0.05) is 75.2 Å². The first kappa shape index (κ1) is 53.0. The zero-order chi connectivity index (χ0) is 50.7. The molecule has 1 atom stereocenters. The molecule has 0 aliphatic heterocycles. The number of benzene rings is 5. The number of amides is 2. The van der Waals surface area contributed by atoms with E-state index in [0.29, 0.717) is 48.2 Å². The second-order valence-corrected chi connectivity index (χ2v) is 17.1. The van der Waals surface area contributed by atoms with E-state index >= 15 is 0 Å². The van der Waals surface area contributed by atoms with Gasteiger partial charge in [-0.2, -0.15) is 0 Å². The smallest absolute Gasteiger partial charge is 0.224 e. The van der Waals surface area contributed by atoms with E-state index in [1.165, 1.54) is 24.3 Å². The molecule has 0 saturated carbocycles. The van der Waals surface area contributed by atoms with Crippen molar-refractivity contribution < 1.29 is 50.8 Å². The van der Waals surface area contributed by atoms with Crippen LogP contribution in [0, 0.1) is 0 Å². The summed E-state index contributed by atoms with van der Waals surface area (Å²) < 4.78 is 0. The van der Waals surface area contributed by atoms with Gasteiger partial charge in [0.25, 0.3) is 0 Å². The summed E-state index contributed by atoms with van der Waals surface area (Å²) in [6, 6.07) is 28.9. The van der Waals surface area contributed by atoms with Gasteiger partial charge in [0.1, 0.15) is 23.0 Å². The number of phenols is 4. The fraction of sp³-hybridized carbons (Fsp3) is 0.308. The number of oxime groups is 4. The maximum Gasteiger partial charge on any atom is 0.224 e. The number of aromatic hydroxyl groups is 4. The van der Waals surface area contributed by atoms with Gasteiger partial charge in [-0.25, -0.2) is 0 Å². The van der Waals surface area contributed by atoms with Gasteiger partial charge in [-0.3, -0.25) is 19.4 Å². The normalized spacial score (nSPS) is 12.9. The zero-order valence-corrected chi connectivity index (χ0v) is 39.7. The average Bonchev–Trinajstić information content (AvgIpc) is 3.36. The molecule has 0 bridgehead atoms. The summed E-state index contributed by atoms with van der Waals surface area (Å²) in [5.74, 6) is -0.688. The lowest BCUT2D eigenvalue weighted by Crippen LogP contribution is -2.44. The molecule has 0 heterocycles. The predicted molar refractivity (Wildman–Crippen MR) is 266 cm³/mol. The second kappa shape index (κ2) is 26.0. The van der Waals surface area contributed by atoms with Crippen LogP contribution >= 0.6 is 0 Å². The van der Waals surface area contributed by atoms with Gasteiger partial charge in [0.05, 0.1) is 29.3 Å². The quantitative estimate of drug-likeness (QED) is 0.0129. The van der Waals surface area contributed by atoms with Crippen molar-refractivity contribution in [2.45, 2.75) is 85.6 Å². The fourth-order valence-electron chi connectivity index (χ4n) is 8.05. The molecule has 0 spiro atoms. The van der Waals surface area contributed by atoms with E-state index in [-0.39, 0.29) is 103 Å². The predicted octanol–water partition coefficient (Wildman–Crippen LogP) is 7.02.